The van der Waals surface area contributed by atoms with Crippen LogP contribution in [0.5, 0.6) is 0 Å². The molecule has 0 radical (unpaired) electrons. The number of hydrogen-bond donors (Lipinski definition) is 1. The first-order valence-electron chi connectivity index (χ1n) is 5.69. The van der Waals surface area contributed by atoms with Gasteiger partial charge in [0.05, 0.1) is 6.54 Å². The molecule has 1 fully saturated rings. The third-order valence-corrected chi connectivity index (χ3v) is 3.24. The summed E-state index contributed by atoms with van der Waals surface area (Å²) in [6.45, 7) is 6.69. The van der Waals surface area contributed by atoms with Gasteiger partial charge in [0.2, 0.25) is 5.91 Å². The Hall–Kier alpha value is -0.610. The molecule has 1 aliphatic rings. The lowest BCUT2D eigenvalue weighted by Gasteiger charge is -2.27. The second-order valence-electron chi connectivity index (χ2n) is 4.66. The van der Waals surface area contributed by atoms with Crippen molar-refractivity contribution in [2.45, 2.75) is 32.4 Å². The average Bonchev–Trinajstić information content (AvgIpc) is 2.68. The molecule has 1 rings (SSSR count). The van der Waals surface area contributed by atoms with Gasteiger partial charge in [-0.1, -0.05) is 0 Å². The summed E-state index contributed by atoms with van der Waals surface area (Å²) in [5.41, 5.74) is 0. The lowest BCUT2D eigenvalue weighted by atomic mass is 10.2. The highest BCUT2D eigenvalue weighted by atomic mass is 16.2. The van der Waals surface area contributed by atoms with Crippen molar-refractivity contribution in [2.24, 2.45) is 0 Å². The summed E-state index contributed by atoms with van der Waals surface area (Å²) < 4.78 is 0. The van der Waals surface area contributed by atoms with Crippen molar-refractivity contribution in [3.8, 4) is 0 Å². The van der Waals surface area contributed by atoms with Crippen molar-refractivity contribution in [1.82, 2.24) is 15.1 Å². The van der Waals surface area contributed by atoms with Crippen molar-refractivity contribution in [1.29, 1.82) is 0 Å². The third kappa shape index (κ3) is 3.47. The SMILES string of the molecule is CC(C)N(C)CC(=O)N(C)C1CCNC1. The molecule has 1 N–H and O–H groups in total. The molecule has 1 heterocycles. The summed E-state index contributed by atoms with van der Waals surface area (Å²) in [6, 6.07) is 0.808. The molecule has 88 valence electrons. The Balaban J connectivity index is 2.38. The zero-order valence-electron chi connectivity index (χ0n) is 10.3. The van der Waals surface area contributed by atoms with Gasteiger partial charge in [-0.3, -0.25) is 9.69 Å². The molecule has 0 spiro atoms. The minimum absolute atomic E-state index is 0.222. The summed E-state index contributed by atoms with van der Waals surface area (Å²) in [6.07, 6.45) is 1.08. The summed E-state index contributed by atoms with van der Waals surface area (Å²) >= 11 is 0. The van der Waals surface area contributed by atoms with Gasteiger partial charge in [-0.05, 0) is 33.9 Å². The lowest BCUT2D eigenvalue weighted by molar-refractivity contribution is -0.132. The molecule has 0 aliphatic carbocycles. The van der Waals surface area contributed by atoms with E-state index in [2.05, 4.69) is 24.1 Å². The average molecular weight is 213 g/mol. The zero-order valence-corrected chi connectivity index (χ0v) is 10.3. The van der Waals surface area contributed by atoms with Crippen molar-refractivity contribution in [3.63, 3.8) is 0 Å². The van der Waals surface area contributed by atoms with E-state index in [-0.39, 0.29) is 5.91 Å². The maximum atomic E-state index is 11.9. The van der Waals surface area contributed by atoms with Crippen LogP contribution in [0.1, 0.15) is 20.3 Å². The highest BCUT2D eigenvalue weighted by Crippen LogP contribution is 2.07. The summed E-state index contributed by atoms with van der Waals surface area (Å²) in [5, 5.41) is 3.28. The van der Waals surface area contributed by atoms with E-state index in [9.17, 15) is 4.79 Å². The molecule has 0 aromatic heterocycles. The second-order valence-corrected chi connectivity index (χ2v) is 4.66. The van der Waals surface area contributed by atoms with Gasteiger partial charge >= 0.3 is 0 Å². The fourth-order valence-corrected chi connectivity index (χ4v) is 1.68. The Kier molecular flexibility index (Phi) is 4.54. The molecule has 4 nitrogen and oxygen atoms in total. The number of hydrogen-bond acceptors (Lipinski definition) is 3. The fraction of sp³-hybridized carbons (Fsp3) is 0.909. The number of carbonyl (C=O) groups excluding carboxylic acids is 1. The molecule has 1 amide bonds. The summed E-state index contributed by atoms with van der Waals surface area (Å²) in [7, 11) is 3.90. The van der Waals surface area contributed by atoms with Gasteiger partial charge in [-0.25, -0.2) is 0 Å². The molecule has 0 bridgehead atoms. The molecule has 15 heavy (non-hydrogen) atoms. The van der Waals surface area contributed by atoms with Crippen molar-refractivity contribution < 1.29 is 4.79 Å². The van der Waals surface area contributed by atoms with Gasteiger partial charge in [0.1, 0.15) is 0 Å². The molecule has 0 saturated carbocycles. The van der Waals surface area contributed by atoms with Crippen molar-refractivity contribution in [2.75, 3.05) is 33.7 Å². The van der Waals surface area contributed by atoms with Crippen LogP contribution in [0.4, 0.5) is 0 Å². The van der Waals surface area contributed by atoms with Crippen LogP contribution in [-0.4, -0.2) is 61.5 Å². The third-order valence-electron chi connectivity index (χ3n) is 3.24. The second kappa shape index (κ2) is 5.47. The minimum atomic E-state index is 0.222. The zero-order chi connectivity index (χ0) is 11.4. The highest BCUT2D eigenvalue weighted by molar-refractivity contribution is 5.78. The predicted octanol–water partition coefficient (Wildman–Crippen LogP) is 0.147. The topological polar surface area (TPSA) is 35.6 Å². The standard InChI is InChI=1S/C11H23N3O/c1-9(2)13(3)8-11(15)14(4)10-5-6-12-7-10/h9-10,12H,5-8H2,1-4H3. The number of nitrogens with one attached hydrogen (secondary N) is 1. The van der Waals surface area contributed by atoms with Crippen molar-refractivity contribution in [3.05, 3.63) is 0 Å². The summed E-state index contributed by atoms with van der Waals surface area (Å²) in [4.78, 5) is 15.9. The molecule has 4 heteroatoms. The van der Waals surface area contributed by atoms with Crippen LogP contribution >= 0.6 is 0 Å². The first-order chi connectivity index (χ1) is 7.02. The van der Waals surface area contributed by atoms with Gasteiger partial charge in [-0.2, -0.15) is 0 Å². The van der Waals surface area contributed by atoms with E-state index in [0.717, 1.165) is 19.5 Å². The van der Waals surface area contributed by atoms with E-state index in [1.165, 1.54) is 0 Å². The van der Waals surface area contributed by atoms with Gasteiger partial charge < -0.3 is 10.2 Å². The van der Waals surface area contributed by atoms with E-state index < -0.39 is 0 Å². The van der Waals surface area contributed by atoms with E-state index in [4.69, 9.17) is 0 Å². The Bertz CT molecular complexity index is 212. The first-order valence-corrected chi connectivity index (χ1v) is 5.69. The molecule has 0 aromatic rings. The van der Waals surface area contributed by atoms with Crippen LogP contribution in [0.15, 0.2) is 0 Å². The molecule has 1 unspecified atom stereocenters. The number of likely N-dealkylation sites (N-methyl/N-ethyl adjacent to an activating group) is 2. The first kappa shape index (κ1) is 12.5. The highest BCUT2D eigenvalue weighted by Gasteiger charge is 2.23. The molecular weight excluding hydrogens is 190 g/mol. The Morgan fingerprint density at radius 2 is 2.13 bits per heavy atom. The molecule has 1 atom stereocenters. The van der Waals surface area contributed by atoms with Crippen LogP contribution in [0.2, 0.25) is 0 Å². The number of amides is 1. The largest absolute Gasteiger partial charge is 0.340 e. The van der Waals surface area contributed by atoms with Gasteiger partial charge in [-0.15, -0.1) is 0 Å². The van der Waals surface area contributed by atoms with E-state index in [0.29, 0.717) is 18.6 Å². The summed E-state index contributed by atoms with van der Waals surface area (Å²) in [5.74, 6) is 0.222. The number of rotatable bonds is 4. The van der Waals surface area contributed by atoms with Crippen LogP contribution in [0.25, 0.3) is 0 Å². The number of nitrogens with zero attached hydrogens (tertiary/aromatic N) is 2. The normalized spacial score (nSPS) is 21.3. The Morgan fingerprint density at radius 3 is 2.60 bits per heavy atom. The Morgan fingerprint density at radius 1 is 1.47 bits per heavy atom. The monoisotopic (exact) mass is 213 g/mol. The minimum Gasteiger partial charge on any atom is -0.340 e. The van der Waals surface area contributed by atoms with Crippen LogP contribution < -0.4 is 5.32 Å². The maximum absolute atomic E-state index is 11.9. The predicted molar refractivity (Wildman–Crippen MR) is 61.8 cm³/mol. The lowest BCUT2D eigenvalue weighted by Crippen LogP contribution is -2.44. The smallest absolute Gasteiger partial charge is 0.236 e. The van der Waals surface area contributed by atoms with Gasteiger partial charge in [0, 0.05) is 25.7 Å². The van der Waals surface area contributed by atoms with Crippen LogP contribution in [-0.2, 0) is 4.79 Å². The van der Waals surface area contributed by atoms with Gasteiger partial charge in [0.25, 0.3) is 0 Å². The van der Waals surface area contributed by atoms with Crippen LogP contribution in [0.3, 0.4) is 0 Å². The molecular formula is C11H23N3O. The van der Waals surface area contributed by atoms with E-state index >= 15 is 0 Å². The quantitative estimate of drug-likeness (QED) is 0.722. The molecule has 1 saturated heterocycles. The maximum Gasteiger partial charge on any atom is 0.236 e. The van der Waals surface area contributed by atoms with Gasteiger partial charge in [0.15, 0.2) is 0 Å². The van der Waals surface area contributed by atoms with E-state index in [1.807, 2.05) is 19.0 Å². The van der Waals surface area contributed by atoms with Crippen molar-refractivity contribution >= 4 is 5.91 Å². The molecule has 0 aromatic carbocycles. The van der Waals surface area contributed by atoms with E-state index in [1.54, 1.807) is 0 Å². The van der Waals surface area contributed by atoms with Crippen LogP contribution in [0, 0.1) is 0 Å². The Labute approximate surface area is 92.6 Å². The number of carbonyl (C=O) groups is 1. The fourth-order valence-electron chi connectivity index (χ4n) is 1.68. The molecule has 1 aliphatic heterocycles.